The summed E-state index contributed by atoms with van der Waals surface area (Å²) in [6.45, 7) is 2.75. The van der Waals surface area contributed by atoms with Crippen LogP contribution in [0, 0.1) is 6.92 Å². The van der Waals surface area contributed by atoms with Gasteiger partial charge in [-0.1, -0.05) is 18.2 Å². The smallest absolute Gasteiger partial charge is 0.254 e. The van der Waals surface area contributed by atoms with Crippen LogP contribution in [0.1, 0.15) is 40.4 Å². The summed E-state index contributed by atoms with van der Waals surface area (Å²) in [4.78, 5) is 15.0. The Morgan fingerprint density at radius 2 is 1.96 bits per heavy atom. The van der Waals surface area contributed by atoms with Crippen LogP contribution in [-0.2, 0) is 0 Å². The van der Waals surface area contributed by atoms with Crippen LogP contribution in [0.3, 0.4) is 0 Å². The molecular formula is C20H23NO3. The molecule has 4 heteroatoms. The Bertz CT molecular complexity index is 741. The van der Waals surface area contributed by atoms with Crippen LogP contribution in [0.15, 0.2) is 42.5 Å². The van der Waals surface area contributed by atoms with Gasteiger partial charge in [-0.15, -0.1) is 0 Å². The number of carbonyl (C=O) groups is 1. The van der Waals surface area contributed by atoms with Crippen LogP contribution >= 0.6 is 0 Å². The highest BCUT2D eigenvalue weighted by atomic mass is 16.5. The number of hydrogen-bond acceptors (Lipinski definition) is 3. The summed E-state index contributed by atoms with van der Waals surface area (Å²) in [5, 5.41) is 0. The maximum Gasteiger partial charge on any atom is 0.254 e. The largest absolute Gasteiger partial charge is 0.497 e. The molecule has 24 heavy (non-hydrogen) atoms. The number of aryl methyl sites for hydroxylation is 1. The number of hydrogen-bond donors (Lipinski definition) is 0. The van der Waals surface area contributed by atoms with Crippen LogP contribution in [0.25, 0.3) is 0 Å². The molecule has 0 radical (unpaired) electrons. The monoisotopic (exact) mass is 325 g/mol. The van der Waals surface area contributed by atoms with Gasteiger partial charge in [-0.05, 0) is 55.2 Å². The minimum absolute atomic E-state index is 0.0543. The number of carbonyl (C=O) groups excluding carboxylic acids is 1. The minimum atomic E-state index is 0.0543. The maximum atomic E-state index is 13.0. The fourth-order valence-electron chi connectivity index (χ4n) is 3.32. The van der Waals surface area contributed by atoms with E-state index in [0.29, 0.717) is 5.56 Å². The summed E-state index contributed by atoms with van der Waals surface area (Å²) >= 11 is 0. The van der Waals surface area contributed by atoms with Crippen molar-refractivity contribution in [3.05, 3.63) is 59.2 Å². The number of methoxy groups -OCH3 is 2. The number of ether oxygens (including phenoxy) is 2. The minimum Gasteiger partial charge on any atom is -0.497 e. The second-order valence-corrected chi connectivity index (χ2v) is 6.12. The van der Waals surface area contributed by atoms with E-state index >= 15 is 0 Å². The lowest BCUT2D eigenvalue weighted by atomic mass is 10.0. The van der Waals surface area contributed by atoms with Gasteiger partial charge in [0.25, 0.3) is 5.91 Å². The lowest BCUT2D eigenvalue weighted by molar-refractivity contribution is 0.0735. The molecule has 1 unspecified atom stereocenters. The van der Waals surface area contributed by atoms with Crippen molar-refractivity contribution >= 4 is 5.91 Å². The first-order valence-electron chi connectivity index (χ1n) is 8.23. The van der Waals surface area contributed by atoms with Crippen LogP contribution in [0.2, 0.25) is 0 Å². The fourth-order valence-corrected chi connectivity index (χ4v) is 3.32. The van der Waals surface area contributed by atoms with Crippen LogP contribution < -0.4 is 9.47 Å². The summed E-state index contributed by atoms with van der Waals surface area (Å²) in [7, 11) is 3.29. The highest BCUT2D eigenvalue weighted by Crippen LogP contribution is 2.35. The molecule has 0 bridgehead atoms. The van der Waals surface area contributed by atoms with Crippen LogP contribution in [0.4, 0.5) is 0 Å². The number of likely N-dealkylation sites (tertiary alicyclic amines) is 1. The van der Waals surface area contributed by atoms with Crippen molar-refractivity contribution in [3.8, 4) is 11.5 Å². The molecule has 126 valence electrons. The Hall–Kier alpha value is -2.49. The van der Waals surface area contributed by atoms with E-state index in [9.17, 15) is 4.79 Å². The summed E-state index contributed by atoms with van der Waals surface area (Å²) in [6.07, 6.45) is 1.98. The van der Waals surface area contributed by atoms with Gasteiger partial charge in [0.05, 0.1) is 20.3 Å². The highest BCUT2D eigenvalue weighted by Gasteiger charge is 2.31. The zero-order valence-electron chi connectivity index (χ0n) is 14.4. The molecule has 1 heterocycles. The van der Waals surface area contributed by atoms with Gasteiger partial charge >= 0.3 is 0 Å². The number of rotatable bonds is 4. The Morgan fingerprint density at radius 3 is 2.71 bits per heavy atom. The van der Waals surface area contributed by atoms with Crippen molar-refractivity contribution < 1.29 is 14.3 Å². The van der Waals surface area contributed by atoms with Gasteiger partial charge in [-0.3, -0.25) is 4.79 Å². The van der Waals surface area contributed by atoms with Gasteiger partial charge < -0.3 is 14.4 Å². The van der Waals surface area contributed by atoms with Gasteiger partial charge in [0.2, 0.25) is 0 Å². The number of nitrogens with zero attached hydrogens (tertiary/aromatic N) is 1. The highest BCUT2D eigenvalue weighted by molar-refractivity contribution is 5.95. The average Bonchev–Trinajstić information content (AvgIpc) is 3.11. The van der Waals surface area contributed by atoms with E-state index in [-0.39, 0.29) is 11.9 Å². The first-order valence-corrected chi connectivity index (χ1v) is 8.23. The first kappa shape index (κ1) is 16.4. The van der Waals surface area contributed by atoms with Crippen LogP contribution in [-0.4, -0.2) is 31.6 Å². The molecule has 2 aromatic carbocycles. The molecule has 1 aliphatic rings. The third-order valence-corrected chi connectivity index (χ3v) is 4.65. The molecule has 1 fully saturated rings. The quantitative estimate of drug-likeness (QED) is 0.853. The van der Waals surface area contributed by atoms with Crippen molar-refractivity contribution in [3.63, 3.8) is 0 Å². The summed E-state index contributed by atoms with van der Waals surface area (Å²) in [6, 6.07) is 13.7. The van der Waals surface area contributed by atoms with Crippen molar-refractivity contribution in [2.45, 2.75) is 25.8 Å². The molecule has 0 saturated carbocycles. The predicted molar refractivity (Wildman–Crippen MR) is 93.7 cm³/mol. The van der Waals surface area contributed by atoms with Gasteiger partial charge in [0.1, 0.15) is 11.5 Å². The Kier molecular flexibility index (Phi) is 4.74. The molecule has 0 spiro atoms. The lowest BCUT2D eigenvalue weighted by Gasteiger charge is -2.25. The van der Waals surface area contributed by atoms with E-state index in [2.05, 4.69) is 6.07 Å². The first-order chi connectivity index (χ1) is 11.6. The second-order valence-electron chi connectivity index (χ2n) is 6.12. The average molecular weight is 325 g/mol. The number of amides is 1. The molecular weight excluding hydrogens is 302 g/mol. The summed E-state index contributed by atoms with van der Waals surface area (Å²) in [5.41, 5.74) is 2.83. The molecule has 0 N–H and O–H groups in total. The molecule has 1 saturated heterocycles. The third kappa shape index (κ3) is 3.09. The molecule has 0 aliphatic carbocycles. The van der Waals surface area contributed by atoms with Crippen molar-refractivity contribution in [1.82, 2.24) is 4.90 Å². The van der Waals surface area contributed by atoms with E-state index in [1.54, 1.807) is 14.2 Å². The van der Waals surface area contributed by atoms with Crippen molar-refractivity contribution in [1.29, 1.82) is 0 Å². The molecule has 1 amide bonds. The molecule has 0 aromatic heterocycles. The SMILES string of the molecule is COc1cccc(C2CCCN2C(=O)c2ccc(C)c(OC)c2)c1. The standard InChI is InChI=1S/C20H23NO3/c1-14-9-10-16(13-19(14)24-3)20(22)21-11-5-8-18(21)15-6-4-7-17(12-15)23-2/h4,6-7,9-10,12-13,18H,5,8,11H2,1-3H3. The topological polar surface area (TPSA) is 38.8 Å². The molecule has 4 nitrogen and oxygen atoms in total. The molecule has 2 aromatic rings. The van der Waals surface area contributed by atoms with E-state index in [1.807, 2.05) is 48.2 Å². The van der Waals surface area contributed by atoms with E-state index in [4.69, 9.17) is 9.47 Å². The molecule has 1 aliphatic heterocycles. The van der Waals surface area contributed by atoms with Gasteiger partial charge in [0, 0.05) is 12.1 Å². The van der Waals surface area contributed by atoms with Crippen molar-refractivity contribution in [2.24, 2.45) is 0 Å². The van der Waals surface area contributed by atoms with Crippen LogP contribution in [0.5, 0.6) is 11.5 Å². The normalized spacial score (nSPS) is 17.0. The van der Waals surface area contributed by atoms with Crippen molar-refractivity contribution in [2.75, 3.05) is 20.8 Å². The lowest BCUT2D eigenvalue weighted by Crippen LogP contribution is -2.30. The van der Waals surface area contributed by atoms with E-state index in [0.717, 1.165) is 42.0 Å². The number of benzene rings is 2. The Morgan fingerprint density at radius 1 is 1.12 bits per heavy atom. The zero-order valence-corrected chi connectivity index (χ0v) is 14.4. The predicted octanol–water partition coefficient (Wildman–Crippen LogP) is 3.99. The molecule has 1 atom stereocenters. The van der Waals surface area contributed by atoms with Gasteiger partial charge in [0.15, 0.2) is 0 Å². The van der Waals surface area contributed by atoms with Gasteiger partial charge in [-0.25, -0.2) is 0 Å². The summed E-state index contributed by atoms with van der Waals surface area (Å²) in [5.74, 6) is 1.63. The molecule has 3 rings (SSSR count). The fraction of sp³-hybridized carbons (Fsp3) is 0.350. The Labute approximate surface area is 143 Å². The maximum absolute atomic E-state index is 13.0. The van der Waals surface area contributed by atoms with Gasteiger partial charge in [-0.2, -0.15) is 0 Å². The van der Waals surface area contributed by atoms with E-state index in [1.165, 1.54) is 0 Å². The Balaban J connectivity index is 1.88. The van der Waals surface area contributed by atoms with E-state index < -0.39 is 0 Å². The second kappa shape index (κ2) is 6.95. The zero-order chi connectivity index (χ0) is 17.1. The summed E-state index contributed by atoms with van der Waals surface area (Å²) < 4.78 is 10.7. The third-order valence-electron chi connectivity index (χ3n) is 4.65.